The second-order valence-electron chi connectivity index (χ2n) is 5.65. The van der Waals surface area contributed by atoms with Crippen LogP contribution in [0.15, 0.2) is 24.3 Å². The van der Waals surface area contributed by atoms with Crippen molar-refractivity contribution in [3.8, 4) is 0 Å². The number of hydrogen-bond acceptors (Lipinski definition) is 2. The highest BCUT2D eigenvalue weighted by Crippen LogP contribution is 2.24. The summed E-state index contributed by atoms with van der Waals surface area (Å²) in [6, 6.07) is 8.72. The van der Waals surface area contributed by atoms with Crippen LogP contribution >= 0.6 is 0 Å². The first-order valence-corrected chi connectivity index (χ1v) is 7.23. The SMILES string of the molecule is CNc1cccc(CN(C)CC2CCCCC2)c1. The monoisotopic (exact) mass is 246 g/mol. The molecule has 18 heavy (non-hydrogen) atoms. The Labute approximate surface area is 111 Å². The molecule has 0 spiro atoms. The van der Waals surface area contributed by atoms with Crippen LogP contribution in [0.2, 0.25) is 0 Å². The molecular formula is C16H26N2. The Balaban J connectivity index is 1.83. The molecule has 2 heteroatoms. The van der Waals surface area contributed by atoms with Gasteiger partial charge in [0.1, 0.15) is 0 Å². The number of hydrogen-bond donors (Lipinski definition) is 1. The molecule has 0 saturated heterocycles. The van der Waals surface area contributed by atoms with Crippen molar-refractivity contribution in [1.29, 1.82) is 0 Å². The summed E-state index contributed by atoms with van der Waals surface area (Å²) in [6.07, 6.45) is 7.19. The van der Waals surface area contributed by atoms with E-state index in [0.717, 1.165) is 12.5 Å². The number of anilines is 1. The molecule has 0 aromatic heterocycles. The van der Waals surface area contributed by atoms with Crippen molar-refractivity contribution in [2.75, 3.05) is 26.0 Å². The molecular weight excluding hydrogens is 220 g/mol. The summed E-state index contributed by atoms with van der Waals surface area (Å²) in [5.74, 6) is 0.927. The van der Waals surface area contributed by atoms with Gasteiger partial charge < -0.3 is 10.2 Å². The molecule has 1 saturated carbocycles. The lowest BCUT2D eigenvalue weighted by Crippen LogP contribution is -2.26. The summed E-state index contributed by atoms with van der Waals surface area (Å²) in [5.41, 5.74) is 2.61. The molecule has 2 nitrogen and oxygen atoms in total. The molecule has 1 fully saturated rings. The number of benzene rings is 1. The van der Waals surface area contributed by atoms with E-state index >= 15 is 0 Å². The first-order valence-electron chi connectivity index (χ1n) is 7.23. The van der Waals surface area contributed by atoms with Crippen molar-refractivity contribution in [1.82, 2.24) is 4.90 Å². The van der Waals surface area contributed by atoms with Gasteiger partial charge in [-0.15, -0.1) is 0 Å². The Kier molecular flexibility index (Phi) is 5.06. The van der Waals surface area contributed by atoms with Crippen molar-refractivity contribution in [2.24, 2.45) is 5.92 Å². The minimum absolute atomic E-state index is 0.927. The molecule has 1 aliphatic carbocycles. The second-order valence-corrected chi connectivity index (χ2v) is 5.65. The molecule has 1 aromatic carbocycles. The van der Waals surface area contributed by atoms with Crippen LogP contribution in [0.25, 0.3) is 0 Å². The molecule has 0 amide bonds. The van der Waals surface area contributed by atoms with Gasteiger partial charge in [-0.1, -0.05) is 31.4 Å². The lowest BCUT2D eigenvalue weighted by molar-refractivity contribution is 0.228. The van der Waals surface area contributed by atoms with Crippen LogP contribution in [0, 0.1) is 5.92 Å². The molecule has 0 atom stereocenters. The lowest BCUT2D eigenvalue weighted by atomic mass is 9.89. The third-order valence-electron chi connectivity index (χ3n) is 3.96. The fourth-order valence-electron chi connectivity index (χ4n) is 3.01. The van der Waals surface area contributed by atoms with Crippen LogP contribution in [-0.4, -0.2) is 25.5 Å². The highest BCUT2D eigenvalue weighted by atomic mass is 15.1. The number of nitrogens with zero attached hydrogens (tertiary/aromatic N) is 1. The molecule has 0 heterocycles. The molecule has 0 radical (unpaired) electrons. The van der Waals surface area contributed by atoms with E-state index in [1.54, 1.807) is 0 Å². The minimum atomic E-state index is 0.927. The van der Waals surface area contributed by atoms with E-state index < -0.39 is 0 Å². The van der Waals surface area contributed by atoms with Gasteiger partial charge in [0.25, 0.3) is 0 Å². The van der Waals surface area contributed by atoms with Crippen molar-refractivity contribution in [3.05, 3.63) is 29.8 Å². The van der Waals surface area contributed by atoms with E-state index in [9.17, 15) is 0 Å². The van der Waals surface area contributed by atoms with E-state index in [1.807, 2.05) is 7.05 Å². The van der Waals surface area contributed by atoms with Gasteiger partial charge in [-0.3, -0.25) is 0 Å². The number of rotatable bonds is 5. The van der Waals surface area contributed by atoms with Crippen molar-refractivity contribution >= 4 is 5.69 Å². The van der Waals surface area contributed by atoms with Gasteiger partial charge in [0.05, 0.1) is 0 Å². The van der Waals surface area contributed by atoms with Gasteiger partial charge in [-0.2, -0.15) is 0 Å². The van der Waals surface area contributed by atoms with Gasteiger partial charge in [-0.25, -0.2) is 0 Å². The highest BCUT2D eigenvalue weighted by molar-refractivity contribution is 5.44. The van der Waals surface area contributed by atoms with E-state index in [-0.39, 0.29) is 0 Å². The molecule has 1 aromatic rings. The molecule has 1 aliphatic rings. The highest BCUT2D eigenvalue weighted by Gasteiger charge is 2.15. The largest absolute Gasteiger partial charge is 0.388 e. The Morgan fingerprint density at radius 2 is 2.00 bits per heavy atom. The zero-order chi connectivity index (χ0) is 12.8. The summed E-state index contributed by atoms with van der Waals surface area (Å²) in [4.78, 5) is 2.48. The zero-order valence-electron chi connectivity index (χ0n) is 11.8. The van der Waals surface area contributed by atoms with E-state index in [1.165, 1.54) is 49.9 Å². The maximum absolute atomic E-state index is 3.20. The summed E-state index contributed by atoms with van der Waals surface area (Å²) in [6.45, 7) is 2.32. The van der Waals surface area contributed by atoms with E-state index in [0.29, 0.717) is 0 Å². The Hall–Kier alpha value is -1.02. The second kappa shape index (κ2) is 6.79. The zero-order valence-corrected chi connectivity index (χ0v) is 11.8. The quantitative estimate of drug-likeness (QED) is 0.851. The molecule has 2 rings (SSSR count). The van der Waals surface area contributed by atoms with Crippen LogP contribution < -0.4 is 5.32 Å². The van der Waals surface area contributed by atoms with Crippen molar-refractivity contribution in [3.63, 3.8) is 0 Å². The smallest absolute Gasteiger partial charge is 0.0340 e. The maximum atomic E-state index is 3.20. The predicted molar refractivity (Wildman–Crippen MR) is 78.9 cm³/mol. The molecule has 1 N–H and O–H groups in total. The first kappa shape index (κ1) is 13.4. The van der Waals surface area contributed by atoms with Crippen LogP contribution in [0.5, 0.6) is 0 Å². The summed E-state index contributed by atoms with van der Waals surface area (Å²) >= 11 is 0. The van der Waals surface area contributed by atoms with Crippen LogP contribution in [0.3, 0.4) is 0 Å². The van der Waals surface area contributed by atoms with E-state index in [2.05, 4.69) is 41.5 Å². The van der Waals surface area contributed by atoms with Crippen molar-refractivity contribution < 1.29 is 0 Å². The fourth-order valence-corrected chi connectivity index (χ4v) is 3.01. The fraction of sp³-hybridized carbons (Fsp3) is 0.625. The van der Waals surface area contributed by atoms with Gasteiger partial charge in [-0.05, 0) is 43.5 Å². The third-order valence-corrected chi connectivity index (χ3v) is 3.96. The van der Waals surface area contributed by atoms with Gasteiger partial charge in [0.15, 0.2) is 0 Å². The first-order chi connectivity index (χ1) is 8.78. The Bertz CT molecular complexity index is 356. The molecule has 0 bridgehead atoms. The molecule has 0 unspecified atom stereocenters. The van der Waals surface area contributed by atoms with Gasteiger partial charge in [0, 0.05) is 25.8 Å². The maximum Gasteiger partial charge on any atom is 0.0340 e. The van der Waals surface area contributed by atoms with Crippen molar-refractivity contribution in [2.45, 2.75) is 38.6 Å². The molecule has 100 valence electrons. The van der Waals surface area contributed by atoms with E-state index in [4.69, 9.17) is 0 Å². The summed E-state index contributed by atoms with van der Waals surface area (Å²) < 4.78 is 0. The predicted octanol–water partition coefficient (Wildman–Crippen LogP) is 3.74. The normalized spacial score (nSPS) is 17.1. The average molecular weight is 246 g/mol. The summed E-state index contributed by atoms with van der Waals surface area (Å²) in [5, 5.41) is 3.20. The van der Waals surface area contributed by atoms with Crippen LogP contribution in [0.1, 0.15) is 37.7 Å². The van der Waals surface area contributed by atoms with Crippen LogP contribution in [0.4, 0.5) is 5.69 Å². The van der Waals surface area contributed by atoms with Gasteiger partial charge >= 0.3 is 0 Å². The molecule has 0 aliphatic heterocycles. The number of nitrogens with one attached hydrogen (secondary N) is 1. The van der Waals surface area contributed by atoms with Gasteiger partial charge in [0.2, 0.25) is 0 Å². The Morgan fingerprint density at radius 3 is 2.72 bits per heavy atom. The standard InChI is InChI=1S/C16H26N2/c1-17-16-10-6-9-15(11-16)13-18(2)12-14-7-4-3-5-8-14/h6,9-11,14,17H,3-5,7-8,12-13H2,1-2H3. The lowest BCUT2D eigenvalue weighted by Gasteiger charge is -2.27. The Morgan fingerprint density at radius 1 is 1.22 bits per heavy atom. The summed E-state index contributed by atoms with van der Waals surface area (Å²) in [7, 11) is 4.23. The topological polar surface area (TPSA) is 15.3 Å². The minimum Gasteiger partial charge on any atom is -0.388 e. The third kappa shape index (κ3) is 4.02. The average Bonchev–Trinajstić information content (AvgIpc) is 2.40. The van der Waals surface area contributed by atoms with Crippen LogP contribution in [-0.2, 0) is 6.54 Å².